The lowest BCUT2D eigenvalue weighted by atomic mass is 10.1. The normalized spacial score (nSPS) is 11.5. The van der Waals surface area contributed by atoms with E-state index in [1.165, 1.54) is 0 Å². The summed E-state index contributed by atoms with van der Waals surface area (Å²) in [6.45, 7) is 6.15. The summed E-state index contributed by atoms with van der Waals surface area (Å²) in [7, 11) is 0. The number of rotatable bonds is 3. The third-order valence-corrected chi connectivity index (χ3v) is 3.64. The topological polar surface area (TPSA) is 81.9 Å². The Morgan fingerprint density at radius 3 is 2.64 bits per heavy atom. The molecule has 0 fully saturated rings. The van der Waals surface area contributed by atoms with Gasteiger partial charge < -0.3 is 4.74 Å². The fourth-order valence-corrected chi connectivity index (χ4v) is 2.49. The number of nitrogens with one attached hydrogen (secondary N) is 1. The second-order valence-corrected chi connectivity index (χ2v) is 6.83. The van der Waals surface area contributed by atoms with Crippen LogP contribution in [0, 0.1) is 0 Å². The highest BCUT2D eigenvalue weighted by molar-refractivity contribution is 6.28. The molecule has 1 aromatic carbocycles. The van der Waals surface area contributed by atoms with Crippen molar-refractivity contribution in [2.24, 2.45) is 0 Å². The molecule has 0 aliphatic heterocycles. The number of hydrogen-bond acceptors (Lipinski definition) is 5. The molecule has 8 heteroatoms. The molecule has 3 rings (SSSR count). The lowest BCUT2D eigenvalue weighted by Gasteiger charge is -2.19. The number of carbonyl (C=O) groups is 1. The maximum Gasteiger partial charge on any atom is 0.413 e. The standard InChI is InChI=1S/C17H18ClN5O2/c1-17(2,3)23-14-12(9-19-23)13(20-15(18)22-14)21-16(24)25-10-11-7-5-4-6-8-11/h4-9H,10H2,1-3H3,(H,20,21,22,24). The highest BCUT2D eigenvalue weighted by atomic mass is 35.5. The van der Waals surface area contributed by atoms with Crippen LogP contribution in [0.3, 0.4) is 0 Å². The Bertz CT molecular complexity index is 903. The summed E-state index contributed by atoms with van der Waals surface area (Å²) in [4.78, 5) is 20.4. The second-order valence-electron chi connectivity index (χ2n) is 6.49. The number of ether oxygens (including phenoxy) is 1. The molecule has 130 valence electrons. The molecule has 1 amide bonds. The van der Waals surface area contributed by atoms with Gasteiger partial charge in [-0.3, -0.25) is 5.32 Å². The molecule has 7 nitrogen and oxygen atoms in total. The minimum Gasteiger partial charge on any atom is -0.444 e. The summed E-state index contributed by atoms with van der Waals surface area (Å²) in [6, 6.07) is 9.41. The zero-order valence-corrected chi connectivity index (χ0v) is 14.9. The minimum atomic E-state index is -0.622. The molecular formula is C17H18ClN5O2. The predicted molar refractivity (Wildman–Crippen MR) is 95.6 cm³/mol. The maximum absolute atomic E-state index is 12.1. The van der Waals surface area contributed by atoms with Crippen LogP contribution in [0.2, 0.25) is 5.28 Å². The van der Waals surface area contributed by atoms with Gasteiger partial charge in [-0.15, -0.1) is 0 Å². The van der Waals surface area contributed by atoms with Crippen LogP contribution in [0.1, 0.15) is 26.3 Å². The van der Waals surface area contributed by atoms with E-state index < -0.39 is 6.09 Å². The van der Waals surface area contributed by atoms with Gasteiger partial charge in [0.1, 0.15) is 6.61 Å². The van der Waals surface area contributed by atoms with E-state index in [2.05, 4.69) is 20.4 Å². The first-order valence-corrected chi connectivity index (χ1v) is 8.12. The van der Waals surface area contributed by atoms with E-state index in [4.69, 9.17) is 16.3 Å². The van der Waals surface area contributed by atoms with Crippen molar-refractivity contribution in [3.63, 3.8) is 0 Å². The number of carbonyl (C=O) groups excluding carboxylic acids is 1. The Hall–Kier alpha value is -2.67. The quantitative estimate of drug-likeness (QED) is 0.715. The lowest BCUT2D eigenvalue weighted by molar-refractivity contribution is 0.155. The Morgan fingerprint density at radius 1 is 1.24 bits per heavy atom. The Kier molecular flexibility index (Phi) is 4.59. The van der Waals surface area contributed by atoms with Crippen molar-refractivity contribution in [2.45, 2.75) is 32.9 Å². The SMILES string of the molecule is CC(C)(C)n1ncc2c(NC(=O)OCc3ccccc3)nc(Cl)nc21. The minimum absolute atomic E-state index is 0.0249. The third kappa shape index (κ3) is 3.88. The lowest BCUT2D eigenvalue weighted by Crippen LogP contribution is -2.23. The van der Waals surface area contributed by atoms with Crippen LogP contribution < -0.4 is 5.32 Å². The molecule has 0 unspecified atom stereocenters. The van der Waals surface area contributed by atoms with Crippen molar-refractivity contribution in [1.82, 2.24) is 19.7 Å². The van der Waals surface area contributed by atoms with E-state index in [-0.39, 0.29) is 23.2 Å². The van der Waals surface area contributed by atoms with Crippen LogP contribution in [0.4, 0.5) is 10.6 Å². The average molecular weight is 360 g/mol. The van der Waals surface area contributed by atoms with Gasteiger partial charge in [0.05, 0.1) is 17.1 Å². The second kappa shape index (κ2) is 6.68. The number of halogens is 1. The highest BCUT2D eigenvalue weighted by Crippen LogP contribution is 2.26. The van der Waals surface area contributed by atoms with Gasteiger partial charge in [-0.1, -0.05) is 30.3 Å². The number of fused-ring (bicyclic) bond motifs is 1. The van der Waals surface area contributed by atoms with Crippen LogP contribution in [-0.2, 0) is 16.9 Å². The van der Waals surface area contributed by atoms with Crippen LogP contribution in [0.25, 0.3) is 11.0 Å². The number of aromatic nitrogens is 4. The molecule has 2 aromatic heterocycles. The van der Waals surface area contributed by atoms with Gasteiger partial charge in [0.2, 0.25) is 5.28 Å². The number of hydrogen-bond donors (Lipinski definition) is 1. The van der Waals surface area contributed by atoms with Crippen molar-refractivity contribution in [2.75, 3.05) is 5.32 Å². The summed E-state index contributed by atoms with van der Waals surface area (Å²) in [6.07, 6.45) is 0.979. The third-order valence-electron chi connectivity index (χ3n) is 3.47. The molecule has 0 radical (unpaired) electrons. The fraction of sp³-hybridized carbons (Fsp3) is 0.294. The summed E-state index contributed by atoms with van der Waals surface area (Å²) in [5.41, 5.74) is 1.15. The van der Waals surface area contributed by atoms with Crippen LogP contribution in [0.5, 0.6) is 0 Å². The predicted octanol–water partition coefficient (Wildman–Crippen LogP) is 3.98. The fourth-order valence-electron chi connectivity index (χ4n) is 2.32. The molecule has 0 saturated carbocycles. The summed E-state index contributed by atoms with van der Waals surface area (Å²) in [5.74, 6) is 0.267. The van der Waals surface area contributed by atoms with Crippen molar-refractivity contribution in [3.05, 3.63) is 47.4 Å². The summed E-state index contributed by atoms with van der Waals surface area (Å²) >= 11 is 6.00. The van der Waals surface area contributed by atoms with E-state index in [1.807, 2.05) is 51.1 Å². The van der Waals surface area contributed by atoms with Gasteiger partial charge in [-0.05, 0) is 37.9 Å². The molecule has 0 saturated heterocycles. The monoisotopic (exact) mass is 359 g/mol. The molecule has 0 bridgehead atoms. The largest absolute Gasteiger partial charge is 0.444 e. The maximum atomic E-state index is 12.1. The first-order valence-electron chi connectivity index (χ1n) is 7.74. The Balaban J connectivity index is 1.81. The Labute approximate surface area is 150 Å². The van der Waals surface area contributed by atoms with Crippen molar-refractivity contribution < 1.29 is 9.53 Å². The molecule has 1 N–H and O–H groups in total. The van der Waals surface area contributed by atoms with Crippen molar-refractivity contribution in [1.29, 1.82) is 0 Å². The van der Waals surface area contributed by atoms with E-state index in [9.17, 15) is 4.79 Å². The first-order chi connectivity index (χ1) is 11.8. The average Bonchev–Trinajstić information content (AvgIpc) is 2.98. The number of anilines is 1. The van der Waals surface area contributed by atoms with E-state index in [0.717, 1.165) is 5.56 Å². The number of benzene rings is 1. The molecule has 0 atom stereocenters. The van der Waals surface area contributed by atoms with Crippen molar-refractivity contribution in [3.8, 4) is 0 Å². The van der Waals surface area contributed by atoms with Crippen LogP contribution >= 0.6 is 11.6 Å². The van der Waals surface area contributed by atoms with Crippen LogP contribution in [-0.4, -0.2) is 25.8 Å². The van der Waals surface area contributed by atoms with Gasteiger partial charge in [-0.2, -0.15) is 15.1 Å². The van der Waals surface area contributed by atoms with Gasteiger partial charge in [0.15, 0.2) is 11.5 Å². The van der Waals surface area contributed by atoms with E-state index in [0.29, 0.717) is 11.0 Å². The molecule has 0 aliphatic carbocycles. The number of amides is 1. The Morgan fingerprint density at radius 2 is 1.96 bits per heavy atom. The van der Waals surface area contributed by atoms with E-state index >= 15 is 0 Å². The van der Waals surface area contributed by atoms with Crippen molar-refractivity contribution >= 4 is 34.5 Å². The summed E-state index contributed by atoms with van der Waals surface area (Å²) in [5, 5.41) is 7.56. The number of nitrogens with zero attached hydrogens (tertiary/aromatic N) is 4. The molecular weight excluding hydrogens is 342 g/mol. The molecule has 25 heavy (non-hydrogen) atoms. The van der Waals surface area contributed by atoms with Gasteiger partial charge in [0, 0.05) is 0 Å². The zero-order chi connectivity index (χ0) is 18.0. The van der Waals surface area contributed by atoms with Gasteiger partial charge in [0.25, 0.3) is 0 Å². The zero-order valence-electron chi connectivity index (χ0n) is 14.2. The van der Waals surface area contributed by atoms with E-state index in [1.54, 1.807) is 10.9 Å². The smallest absolute Gasteiger partial charge is 0.413 e. The van der Waals surface area contributed by atoms with Crippen LogP contribution in [0.15, 0.2) is 36.5 Å². The molecule has 0 spiro atoms. The molecule has 0 aliphatic rings. The van der Waals surface area contributed by atoms with Gasteiger partial charge in [-0.25, -0.2) is 9.48 Å². The molecule has 2 heterocycles. The van der Waals surface area contributed by atoms with Gasteiger partial charge >= 0.3 is 6.09 Å². The first kappa shape index (κ1) is 17.2. The summed E-state index contributed by atoms with van der Waals surface area (Å²) < 4.78 is 6.95. The highest BCUT2D eigenvalue weighted by Gasteiger charge is 2.21. The molecule has 3 aromatic rings.